The molecule has 3 atom stereocenters. The minimum Gasteiger partial charge on any atom is -0.379 e. The van der Waals surface area contributed by atoms with Crippen molar-refractivity contribution in [3.8, 4) is 0 Å². The van der Waals surface area contributed by atoms with Crippen molar-refractivity contribution in [2.24, 2.45) is 11.7 Å². The molecule has 4 nitrogen and oxygen atoms in total. The maximum atomic E-state index is 11.7. The molecular formula is C12H26N2O2. The van der Waals surface area contributed by atoms with Crippen LogP contribution in [0.2, 0.25) is 0 Å². The highest BCUT2D eigenvalue weighted by molar-refractivity contribution is 5.78. The quantitative estimate of drug-likeness (QED) is 0.716. The van der Waals surface area contributed by atoms with Crippen LogP contribution in [-0.4, -0.2) is 43.7 Å². The van der Waals surface area contributed by atoms with Gasteiger partial charge in [0.25, 0.3) is 0 Å². The molecule has 0 saturated carbocycles. The van der Waals surface area contributed by atoms with E-state index in [-0.39, 0.29) is 24.6 Å². The number of methoxy groups -OCH3 is 1. The molecule has 2 N–H and O–H groups in total. The van der Waals surface area contributed by atoms with Crippen LogP contribution in [0, 0.1) is 5.92 Å². The summed E-state index contributed by atoms with van der Waals surface area (Å²) in [7, 11) is 3.51. The van der Waals surface area contributed by atoms with Crippen molar-refractivity contribution in [2.45, 2.75) is 45.8 Å². The largest absolute Gasteiger partial charge is 0.379 e. The Balaban J connectivity index is 4.84. The summed E-state index contributed by atoms with van der Waals surface area (Å²) in [4.78, 5) is 13.4. The molecule has 0 spiro atoms. The van der Waals surface area contributed by atoms with Gasteiger partial charge in [0, 0.05) is 14.2 Å². The van der Waals surface area contributed by atoms with Crippen molar-refractivity contribution < 1.29 is 9.53 Å². The van der Waals surface area contributed by atoms with Gasteiger partial charge in [-0.25, -0.2) is 0 Å². The van der Waals surface area contributed by atoms with Crippen LogP contribution in [0.15, 0.2) is 0 Å². The van der Waals surface area contributed by atoms with Gasteiger partial charge in [-0.1, -0.05) is 27.2 Å². The molecule has 0 aromatic carbocycles. The first kappa shape index (κ1) is 15.4. The van der Waals surface area contributed by atoms with Crippen molar-refractivity contribution >= 4 is 5.91 Å². The first-order chi connectivity index (χ1) is 7.53. The first-order valence-corrected chi connectivity index (χ1v) is 6.01. The summed E-state index contributed by atoms with van der Waals surface area (Å²) < 4.78 is 5.47. The molecule has 0 bridgehead atoms. The number of carbonyl (C=O) groups is 1. The number of carbonyl (C=O) groups excluding carboxylic acids is 1. The third kappa shape index (κ3) is 3.76. The van der Waals surface area contributed by atoms with Crippen molar-refractivity contribution in [3.05, 3.63) is 0 Å². The molecule has 0 heterocycles. The van der Waals surface area contributed by atoms with Gasteiger partial charge >= 0.3 is 0 Å². The van der Waals surface area contributed by atoms with Gasteiger partial charge in [0.1, 0.15) is 0 Å². The molecule has 0 aliphatic carbocycles. The molecule has 0 rings (SSSR count). The fourth-order valence-electron chi connectivity index (χ4n) is 2.10. The summed E-state index contributed by atoms with van der Waals surface area (Å²) in [5, 5.41) is 0. The average Bonchev–Trinajstić information content (AvgIpc) is 2.32. The molecule has 1 amide bonds. The summed E-state index contributed by atoms with van der Waals surface area (Å²) in [6, 6.07) is 0.107. The van der Waals surface area contributed by atoms with Gasteiger partial charge in [0.2, 0.25) is 5.91 Å². The number of ether oxygens (including phenoxy) is 1. The van der Waals surface area contributed by atoms with Gasteiger partial charge in [-0.3, -0.25) is 4.79 Å². The normalized spacial score (nSPS) is 16.6. The number of likely N-dealkylation sites (N-methyl/N-ethyl adjacent to an activating group) is 1. The maximum absolute atomic E-state index is 11.7. The molecule has 0 fully saturated rings. The molecule has 0 aliphatic heterocycles. The van der Waals surface area contributed by atoms with E-state index < -0.39 is 0 Å². The zero-order valence-electron chi connectivity index (χ0n) is 11.2. The van der Waals surface area contributed by atoms with Crippen molar-refractivity contribution in [2.75, 3.05) is 20.7 Å². The standard InChI is InChI=1S/C12H26N2O2/c1-6-9(3)12(10(7-2)16-5)14(4)11(15)8-13/h9-10,12H,6-8,13H2,1-5H3. The van der Waals surface area contributed by atoms with Crippen LogP contribution >= 0.6 is 0 Å². The second-order valence-corrected chi connectivity index (χ2v) is 4.27. The summed E-state index contributed by atoms with van der Waals surface area (Å²) >= 11 is 0. The third-order valence-corrected chi connectivity index (χ3v) is 3.33. The number of nitrogens with two attached hydrogens (primary N) is 1. The van der Waals surface area contributed by atoms with Crippen molar-refractivity contribution in [1.29, 1.82) is 0 Å². The van der Waals surface area contributed by atoms with Crippen LogP contribution in [-0.2, 0) is 9.53 Å². The summed E-state index contributed by atoms with van der Waals surface area (Å²) in [6.45, 7) is 6.40. The van der Waals surface area contributed by atoms with E-state index in [1.807, 2.05) is 7.05 Å². The van der Waals surface area contributed by atoms with Gasteiger partial charge in [-0.05, 0) is 12.3 Å². The highest BCUT2D eigenvalue weighted by atomic mass is 16.5. The Kier molecular flexibility index (Phi) is 7.34. The van der Waals surface area contributed by atoms with Gasteiger partial charge < -0.3 is 15.4 Å². The van der Waals surface area contributed by atoms with E-state index in [4.69, 9.17) is 10.5 Å². The van der Waals surface area contributed by atoms with E-state index in [2.05, 4.69) is 20.8 Å². The number of amides is 1. The zero-order chi connectivity index (χ0) is 12.7. The fourth-order valence-corrected chi connectivity index (χ4v) is 2.10. The Morgan fingerprint density at radius 3 is 2.25 bits per heavy atom. The summed E-state index contributed by atoms with van der Waals surface area (Å²) in [5.41, 5.74) is 5.40. The van der Waals surface area contributed by atoms with Gasteiger partial charge in [-0.15, -0.1) is 0 Å². The fraction of sp³-hybridized carbons (Fsp3) is 0.917. The summed E-state index contributed by atoms with van der Waals surface area (Å²) in [6.07, 6.45) is 2.00. The van der Waals surface area contributed by atoms with Crippen LogP contribution in [0.1, 0.15) is 33.6 Å². The van der Waals surface area contributed by atoms with Crippen molar-refractivity contribution in [1.82, 2.24) is 4.90 Å². The van der Waals surface area contributed by atoms with Crippen molar-refractivity contribution in [3.63, 3.8) is 0 Å². The van der Waals surface area contributed by atoms with E-state index in [1.54, 1.807) is 12.0 Å². The van der Waals surface area contributed by atoms with Crippen LogP contribution < -0.4 is 5.73 Å². The minimum absolute atomic E-state index is 0.0270. The van der Waals surface area contributed by atoms with Crippen LogP contribution in [0.25, 0.3) is 0 Å². The lowest BCUT2D eigenvalue weighted by Gasteiger charge is -2.37. The van der Waals surface area contributed by atoms with Crippen LogP contribution in [0.3, 0.4) is 0 Å². The molecule has 0 radical (unpaired) electrons. The Hall–Kier alpha value is -0.610. The minimum atomic E-state index is -0.0270. The molecule has 0 aromatic heterocycles. The Morgan fingerprint density at radius 2 is 1.94 bits per heavy atom. The third-order valence-electron chi connectivity index (χ3n) is 3.33. The van der Waals surface area contributed by atoms with Crippen LogP contribution in [0.4, 0.5) is 0 Å². The lowest BCUT2D eigenvalue weighted by molar-refractivity contribution is -0.135. The highest BCUT2D eigenvalue weighted by Crippen LogP contribution is 2.21. The molecule has 0 aliphatic rings. The first-order valence-electron chi connectivity index (χ1n) is 6.01. The van der Waals surface area contributed by atoms with Gasteiger partial charge in [0.05, 0.1) is 18.7 Å². The zero-order valence-corrected chi connectivity index (χ0v) is 11.2. The molecule has 0 aromatic rings. The lowest BCUT2D eigenvalue weighted by atomic mass is 9.91. The van der Waals surface area contributed by atoms with E-state index in [9.17, 15) is 4.79 Å². The topological polar surface area (TPSA) is 55.6 Å². The van der Waals surface area contributed by atoms with E-state index in [1.165, 1.54) is 0 Å². The monoisotopic (exact) mass is 230 g/mol. The number of nitrogens with zero attached hydrogens (tertiary/aromatic N) is 1. The van der Waals surface area contributed by atoms with E-state index >= 15 is 0 Å². The van der Waals surface area contributed by atoms with E-state index in [0.717, 1.165) is 12.8 Å². The maximum Gasteiger partial charge on any atom is 0.236 e. The Labute approximate surface area is 99.1 Å². The second kappa shape index (κ2) is 7.63. The molecule has 0 saturated heterocycles. The smallest absolute Gasteiger partial charge is 0.236 e. The molecule has 16 heavy (non-hydrogen) atoms. The average molecular weight is 230 g/mol. The highest BCUT2D eigenvalue weighted by Gasteiger charge is 2.30. The molecular weight excluding hydrogens is 204 g/mol. The molecule has 4 heteroatoms. The van der Waals surface area contributed by atoms with E-state index in [0.29, 0.717) is 5.92 Å². The predicted octanol–water partition coefficient (Wildman–Crippen LogP) is 1.24. The Morgan fingerprint density at radius 1 is 1.38 bits per heavy atom. The molecule has 96 valence electrons. The summed E-state index contributed by atoms with van der Waals surface area (Å²) in [5.74, 6) is 0.381. The number of hydrogen-bond donors (Lipinski definition) is 1. The SMILES string of the molecule is CCC(C)C(C(CC)OC)N(C)C(=O)CN. The second-order valence-electron chi connectivity index (χ2n) is 4.27. The molecule has 3 unspecified atom stereocenters. The Bertz CT molecular complexity index is 205. The predicted molar refractivity (Wildman–Crippen MR) is 66.2 cm³/mol. The van der Waals surface area contributed by atoms with Gasteiger partial charge in [0.15, 0.2) is 0 Å². The van der Waals surface area contributed by atoms with Gasteiger partial charge in [-0.2, -0.15) is 0 Å². The van der Waals surface area contributed by atoms with Crippen LogP contribution in [0.5, 0.6) is 0 Å². The number of hydrogen-bond acceptors (Lipinski definition) is 3. The lowest BCUT2D eigenvalue weighted by Crippen LogP contribution is -2.50. The number of rotatable bonds is 7.